The normalized spacial score (nSPS) is 32.3. The van der Waals surface area contributed by atoms with Gasteiger partial charge in [0.05, 0.1) is 12.5 Å². The second kappa shape index (κ2) is 7.94. The Labute approximate surface area is 205 Å². The molecule has 0 heterocycles. The van der Waals surface area contributed by atoms with Crippen molar-refractivity contribution in [1.29, 1.82) is 0 Å². The van der Waals surface area contributed by atoms with Crippen molar-refractivity contribution in [2.45, 2.75) is 60.8 Å². The number of aryl methyl sites for hydroxylation is 1. The monoisotopic (exact) mass is 476 g/mol. The molecule has 0 amide bonds. The Hall–Kier alpha value is -3.15. The van der Waals surface area contributed by atoms with Crippen LogP contribution in [0.25, 0.3) is 6.08 Å². The zero-order valence-electron chi connectivity index (χ0n) is 21.5. The smallest absolute Gasteiger partial charge is 0.330 e. The van der Waals surface area contributed by atoms with Crippen molar-refractivity contribution < 1.29 is 28.7 Å². The Balaban J connectivity index is 1.96. The number of ketones is 4. The summed E-state index contributed by atoms with van der Waals surface area (Å²) in [5, 5.41) is 0. The molecular formula is C29H32O6. The van der Waals surface area contributed by atoms with Crippen molar-refractivity contribution in [2.24, 2.45) is 22.2 Å². The van der Waals surface area contributed by atoms with Gasteiger partial charge in [-0.3, -0.25) is 19.2 Å². The highest BCUT2D eigenvalue weighted by Gasteiger charge is 2.65. The van der Waals surface area contributed by atoms with Crippen LogP contribution >= 0.6 is 0 Å². The Morgan fingerprint density at radius 2 is 1.71 bits per heavy atom. The molecule has 0 aromatic heterocycles. The largest absolute Gasteiger partial charge is 0.466 e. The highest BCUT2D eigenvalue weighted by Crippen LogP contribution is 2.65. The quantitative estimate of drug-likeness (QED) is 0.364. The first kappa shape index (κ1) is 25.0. The number of hydrogen-bond donors (Lipinski definition) is 0. The maximum atomic E-state index is 14.1. The van der Waals surface area contributed by atoms with Gasteiger partial charge >= 0.3 is 5.97 Å². The third-order valence-electron chi connectivity index (χ3n) is 8.94. The fraction of sp³-hybridized carbons (Fsp3) is 0.483. The van der Waals surface area contributed by atoms with Crippen LogP contribution in [0.5, 0.6) is 0 Å². The third kappa shape index (κ3) is 3.33. The molecule has 1 fully saturated rings. The molecule has 6 heteroatoms. The van der Waals surface area contributed by atoms with Crippen molar-refractivity contribution in [2.75, 3.05) is 7.11 Å². The van der Waals surface area contributed by atoms with Gasteiger partial charge in [0.2, 0.25) is 0 Å². The maximum Gasteiger partial charge on any atom is 0.330 e. The molecule has 0 aliphatic heterocycles. The fourth-order valence-corrected chi connectivity index (χ4v) is 7.12. The van der Waals surface area contributed by atoms with Gasteiger partial charge in [0.25, 0.3) is 0 Å². The van der Waals surface area contributed by atoms with Crippen LogP contribution in [-0.4, -0.2) is 36.2 Å². The van der Waals surface area contributed by atoms with Crippen LogP contribution in [0.2, 0.25) is 0 Å². The minimum absolute atomic E-state index is 0.115. The van der Waals surface area contributed by atoms with Gasteiger partial charge in [-0.05, 0) is 68.7 Å². The summed E-state index contributed by atoms with van der Waals surface area (Å²) < 4.78 is 4.72. The Morgan fingerprint density at radius 3 is 2.31 bits per heavy atom. The first-order valence-corrected chi connectivity index (χ1v) is 11.9. The molecule has 0 N–H and O–H groups in total. The van der Waals surface area contributed by atoms with Crippen LogP contribution < -0.4 is 0 Å². The van der Waals surface area contributed by atoms with Gasteiger partial charge in [-0.1, -0.05) is 31.6 Å². The molecule has 3 aliphatic carbocycles. The minimum atomic E-state index is -1.27. The van der Waals surface area contributed by atoms with Gasteiger partial charge < -0.3 is 4.74 Å². The van der Waals surface area contributed by atoms with Crippen LogP contribution in [0, 0.1) is 29.1 Å². The number of fused-ring (bicyclic) bond motifs is 3. The van der Waals surface area contributed by atoms with Gasteiger partial charge in [0.1, 0.15) is 11.7 Å². The van der Waals surface area contributed by atoms with Crippen molar-refractivity contribution >= 4 is 35.2 Å². The predicted octanol–water partition coefficient (Wildman–Crippen LogP) is 4.41. The average molecular weight is 477 g/mol. The minimum Gasteiger partial charge on any atom is -0.466 e. The standard InChI is InChI=1S/C29H32O6/c1-15-8-9-18(10-11-21(32)35-7)19-12-27(4)14-28(5)13-20(31)23(17(3)30)26(34)29(28,6)16(2)24(27)25(33)22(15)19/h8-11,23H,12-14H2,1-7H3. The topological polar surface area (TPSA) is 94.6 Å². The molecule has 3 aliphatic rings. The fourth-order valence-electron chi connectivity index (χ4n) is 7.12. The van der Waals surface area contributed by atoms with E-state index in [2.05, 4.69) is 0 Å². The molecule has 0 saturated heterocycles. The number of Topliss-reactive ketones (excluding diaryl/α,β-unsaturated/α-hetero) is 4. The molecule has 35 heavy (non-hydrogen) atoms. The van der Waals surface area contributed by atoms with E-state index < -0.39 is 33.9 Å². The first-order valence-electron chi connectivity index (χ1n) is 11.9. The van der Waals surface area contributed by atoms with Gasteiger partial charge in [-0.2, -0.15) is 0 Å². The van der Waals surface area contributed by atoms with Crippen LogP contribution in [0.1, 0.15) is 74.5 Å². The Bertz CT molecular complexity index is 1280. The number of ether oxygens (including phenoxy) is 1. The molecule has 184 valence electrons. The van der Waals surface area contributed by atoms with Crippen molar-refractivity contribution in [1.82, 2.24) is 0 Å². The second-order valence-electron chi connectivity index (χ2n) is 11.2. The summed E-state index contributed by atoms with van der Waals surface area (Å²) in [5.74, 6) is -3.03. The number of carbonyl (C=O) groups excluding carboxylic acids is 5. The lowest BCUT2D eigenvalue weighted by molar-refractivity contribution is -0.157. The average Bonchev–Trinajstić information content (AvgIpc) is 2.74. The summed E-state index contributed by atoms with van der Waals surface area (Å²) in [6, 6.07) is 3.75. The number of carbonyl (C=O) groups is 5. The third-order valence-corrected chi connectivity index (χ3v) is 8.94. The number of allylic oxidation sites excluding steroid dienone is 2. The SMILES string of the molecule is COC(=O)C=Cc1ccc(C)c2c1CC1(C)CC3(C)CC(=O)C(C(C)=O)C(=O)C3(C)C(C)=C1C2=O. The van der Waals surface area contributed by atoms with E-state index >= 15 is 0 Å². The van der Waals surface area contributed by atoms with E-state index in [9.17, 15) is 24.0 Å². The second-order valence-corrected chi connectivity index (χ2v) is 11.2. The van der Waals surface area contributed by atoms with Crippen molar-refractivity contribution in [3.63, 3.8) is 0 Å². The lowest BCUT2D eigenvalue weighted by Crippen LogP contribution is -2.61. The molecule has 4 unspecified atom stereocenters. The van der Waals surface area contributed by atoms with E-state index in [4.69, 9.17) is 4.74 Å². The summed E-state index contributed by atoms with van der Waals surface area (Å²) in [7, 11) is 1.31. The van der Waals surface area contributed by atoms with E-state index in [0.717, 1.165) is 16.7 Å². The lowest BCUT2D eigenvalue weighted by atomic mass is 9.42. The van der Waals surface area contributed by atoms with Crippen LogP contribution in [0.4, 0.5) is 0 Å². The van der Waals surface area contributed by atoms with Gasteiger partial charge in [0, 0.05) is 29.0 Å². The van der Waals surface area contributed by atoms with Gasteiger partial charge in [-0.25, -0.2) is 4.79 Å². The number of rotatable bonds is 3. The summed E-state index contributed by atoms with van der Waals surface area (Å²) in [6.07, 6.45) is 4.12. The van der Waals surface area contributed by atoms with Crippen LogP contribution in [0.3, 0.4) is 0 Å². The molecule has 4 rings (SSSR count). The van der Waals surface area contributed by atoms with E-state index in [1.54, 1.807) is 6.08 Å². The summed E-state index contributed by atoms with van der Waals surface area (Å²) in [5.41, 5.74) is 1.92. The van der Waals surface area contributed by atoms with Gasteiger partial charge in [0.15, 0.2) is 17.3 Å². The highest BCUT2D eigenvalue weighted by molar-refractivity contribution is 6.23. The maximum absolute atomic E-state index is 14.1. The molecule has 4 atom stereocenters. The summed E-state index contributed by atoms with van der Waals surface area (Å²) in [4.78, 5) is 64.8. The molecule has 6 nitrogen and oxygen atoms in total. The van der Waals surface area contributed by atoms with Crippen LogP contribution in [-0.2, 0) is 30.3 Å². The van der Waals surface area contributed by atoms with E-state index in [-0.39, 0.29) is 23.8 Å². The van der Waals surface area contributed by atoms with Crippen molar-refractivity contribution in [3.8, 4) is 0 Å². The Kier molecular flexibility index (Phi) is 5.66. The molecule has 0 spiro atoms. The number of esters is 1. The summed E-state index contributed by atoms with van der Waals surface area (Å²) in [6.45, 7) is 10.8. The molecule has 0 radical (unpaired) electrons. The molecule has 1 aromatic carbocycles. The molecular weight excluding hydrogens is 444 g/mol. The highest BCUT2D eigenvalue weighted by atomic mass is 16.5. The Morgan fingerprint density at radius 1 is 1.06 bits per heavy atom. The summed E-state index contributed by atoms with van der Waals surface area (Å²) >= 11 is 0. The van der Waals surface area contributed by atoms with E-state index in [1.807, 2.05) is 46.8 Å². The first-order chi connectivity index (χ1) is 16.2. The number of hydrogen-bond acceptors (Lipinski definition) is 6. The lowest BCUT2D eigenvalue weighted by Gasteiger charge is -2.59. The van der Waals surface area contributed by atoms with E-state index in [1.165, 1.54) is 20.1 Å². The zero-order chi connectivity index (χ0) is 26.1. The molecule has 0 bridgehead atoms. The van der Waals surface area contributed by atoms with Crippen molar-refractivity contribution in [3.05, 3.63) is 51.6 Å². The molecule has 1 saturated carbocycles. The molecule has 1 aromatic rings. The van der Waals surface area contributed by atoms with E-state index in [0.29, 0.717) is 29.6 Å². The van der Waals surface area contributed by atoms with Crippen LogP contribution in [0.15, 0.2) is 29.4 Å². The number of methoxy groups -OCH3 is 1. The predicted molar refractivity (Wildman–Crippen MR) is 131 cm³/mol. The number of benzene rings is 1. The van der Waals surface area contributed by atoms with Gasteiger partial charge in [-0.15, -0.1) is 0 Å². The zero-order valence-corrected chi connectivity index (χ0v) is 21.5.